The van der Waals surface area contributed by atoms with Crippen LogP contribution >= 0.6 is 0 Å². The number of nitrogen functional groups attached to an aromatic ring is 1. The van der Waals surface area contributed by atoms with Crippen LogP contribution in [0.1, 0.15) is 21.5 Å². The molecule has 2 aromatic carbocycles. The molecule has 0 spiro atoms. The minimum Gasteiger partial charge on any atom is -0.496 e. The number of esters is 1. The third kappa shape index (κ3) is 2.91. The molecule has 0 heterocycles. The number of carbonyl (C=O) groups excluding carboxylic acids is 1. The topological polar surface area (TPSA) is 61.5 Å². The van der Waals surface area contributed by atoms with E-state index in [9.17, 15) is 4.79 Å². The van der Waals surface area contributed by atoms with Crippen molar-refractivity contribution in [2.75, 3.05) is 12.8 Å². The van der Waals surface area contributed by atoms with E-state index in [0.29, 0.717) is 17.0 Å². The van der Waals surface area contributed by atoms with Crippen LogP contribution in [0, 0.1) is 6.92 Å². The highest BCUT2D eigenvalue weighted by Crippen LogP contribution is 2.20. The molecular weight excluding hydrogens is 254 g/mol. The van der Waals surface area contributed by atoms with E-state index in [0.717, 1.165) is 11.1 Å². The Morgan fingerprint density at radius 2 is 1.90 bits per heavy atom. The van der Waals surface area contributed by atoms with Crippen LogP contribution in [0.5, 0.6) is 5.75 Å². The molecule has 0 bridgehead atoms. The van der Waals surface area contributed by atoms with E-state index < -0.39 is 0 Å². The Balaban J connectivity index is 2.11. The van der Waals surface area contributed by atoms with Crippen molar-refractivity contribution in [2.24, 2.45) is 0 Å². The smallest absolute Gasteiger partial charge is 0.338 e. The Hall–Kier alpha value is -2.49. The van der Waals surface area contributed by atoms with E-state index >= 15 is 0 Å². The molecule has 0 fully saturated rings. The lowest BCUT2D eigenvalue weighted by Gasteiger charge is -2.11. The molecule has 0 aliphatic heterocycles. The van der Waals surface area contributed by atoms with Crippen LogP contribution in [0.25, 0.3) is 0 Å². The Bertz CT molecular complexity index is 623. The fourth-order valence-corrected chi connectivity index (χ4v) is 1.92. The number of rotatable bonds is 4. The second-order valence-electron chi connectivity index (χ2n) is 4.41. The molecule has 2 aromatic rings. The van der Waals surface area contributed by atoms with Crippen molar-refractivity contribution >= 4 is 11.7 Å². The van der Waals surface area contributed by atoms with Crippen molar-refractivity contribution < 1.29 is 14.3 Å². The molecule has 20 heavy (non-hydrogen) atoms. The molecular formula is C16H17NO3. The van der Waals surface area contributed by atoms with E-state index in [-0.39, 0.29) is 12.6 Å². The summed E-state index contributed by atoms with van der Waals surface area (Å²) in [4.78, 5) is 12.1. The predicted octanol–water partition coefficient (Wildman–Crippen LogP) is 2.94. The minimum absolute atomic E-state index is 0.164. The lowest BCUT2D eigenvalue weighted by Crippen LogP contribution is -2.09. The van der Waals surface area contributed by atoms with E-state index in [4.69, 9.17) is 15.2 Å². The first-order valence-electron chi connectivity index (χ1n) is 6.27. The van der Waals surface area contributed by atoms with E-state index in [1.54, 1.807) is 32.2 Å². The summed E-state index contributed by atoms with van der Waals surface area (Å²) in [6.07, 6.45) is 0. The van der Waals surface area contributed by atoms with Gasteiger partial charge in [0.25, 0.3) is 0 Å². The molecule has 2 N–H and O–H groups in total. The van der Waals surface area contributed by atoms with Gasteiger partial charge in [-0.15, -0.1) is 0 Å². The van der Waals surface area contributed by atoms with E-state index in [2.05, 4.69) is 0 Å². The molecule has 0 aliphatic carbocycles. The second-order valence-corrected chi connectivity index (χ2v) is 4.41. The highest BCUT2D eigenvalue weighted by atomic mass is 16.5. The van der Waals surface area contributed by atoms with Crippen LogP contribution < -0.4 is 10.5 Å². The first-order valence-corrected chi connectivity index (χ1v) is 6.27. The molecule has 104 valence electrons. The summed E-state index contributed by atoms with van der Waals surface area (Å²) in [7, 11) is 1.59. The van der Waals surface area contributed by atoms with Gasteiger partial charge in [-0.05, 0) is 30.7 Å². The van der Waals surface area contributed by atoms with Gasteiger partial charge in [0.15, 0.2) is 0 Å². The van der Waals surface area contributed by atoms with Gasteiger partial charge < -0.3 is 15.2 Å². The minimum atomic E-state index is -0.388. The first kappa shape index (κ1) is 13.9. The van der Waals surface area contributed by atoms with Crippen molar-refractivity contribution in [3.8, 4) is 5.75 Å². The largest absolute Gasteiger partial charge is 0.496 e. The zero-order valence-electron chi connectivity index (χ0n) is 11.6. The maximum atomic E-state index is 12.1. The molecule has 2 rings (SSSR count). The Morgan fingerprint density at radius 3 is 2.65 bits per heavy atom. The van der Waals surface area contributed by atoms with Gasteiger partial charge in [0.05, 0.1) is 12.7 Å². The van der Waals surface area contributed by atoms with Gasteiger partial charge in [0.1, 0.15) is 12.4 Å². The quantitative estimate of drug-likeness (QED) is 0.686. The number of hydrogen-bond donors (Lipinski definition) is 1. The van der Waals surface area contributed by atoms with Crippen molar-refractivity contribution in [2.45, 2.75) is 13.5 Å². The van der Waals surface area contributed by atoms with Crippen LogP contribution in [0.4, 0.5) is 5.69 Å². The summed E-state index contributed by atoms with van der Waals surface area (Å²) in [6, 6.07) is 12.6. The third-order valence-corrected chi connectivity index (χ3v) is 3.15. The van der Waals surface area contributed by atoms with Crippen LogP contribution in [-0.2, 0) is 11.3 Å². The molecule has 0 aliphatic rings. The van der Waals surface area contributed by atoms with E-state index in [1.807, 2.05) is 24.3 Å². The van der Waals surface area contributed by atoms with Gasteiger partial charge in [-0.25, -0.2) is 4.79 Å². The molecule has 0 unspecified atom stereocenters. The summed E-state index contributed by atoms with van der Waals surface area (Å²) < 4.78 is 10.5. The average Bonchev–Trinajstić information content (AvgIpc) is 2.48. The molecule has 0 amide bonds. The number of ether oxygens (including phenoxy) is 2. The summed E-state index contributed by atoms with van der Waals surface area (Å²) >= 11 is 0. The van der Waals surface area contributed by atoms with Gasteiger partial charge in [-0.1, -0.05) is 24.3 Å². The van der Waals surface area contributed by atoms with E-state index in [1.165, 1.54) is 0 Å². The predicted molar refractivity (Wildman–Crippen MR) is 77.7 cm³/mol. The number of methoxy groups -OCH3 is 1. The highest BCUT2D eigenvalue weighted by Gasteiger charge is 2.13. The maximum Gasteiger partial charge on any atom is 0.338 e. The Labute approximate surface area is 118 Å². The molecule has 0 aromatic heterocycles. The van der Waals surface area contributed by atoms with Gasteiger partial charge in [-0.2, -0.15) is 0 Å². The fraction of sp³-hybridized carbons (Fsp3) is 0.188. The van der Waals surface area contributed by atoms with Crippen LogP contribution in [0.15, 0.2) is 42.5 Å². The van der Waals surface area contributed by atoms with Gasteiger partial charge in [0.2, 0.25) is 0 Å². The van der Waals surface area contributed by atoms with Crippen LogP contribution in [0.2, 0.25) is 0 Å². The molecule has 0 atom stereocenters. The van der Waals surface area contributed by atoms with Crippen molar-refractivity contribution in [3.05, 3.63) is 59.2 Å². The summed E-state index contributed by atoms with van der Waals surface area (Å²) in [5.74, 6) is 0.310. The number of benzene rings is 2. The Kier molecular flexibility index (Phi) is 4.25. The number of para-hydroxylation sites is 1. The van der Waals surface area contributed by atoms with Crippen molar-refractivity contribution in [3.63, 3.8) is 0 Å². The SMILES string of the molecule is COc1ccccc1COC(=O)c1cccc(N)c1C. The number of carbonyl (C=O) groups is 1. The highest BCUT2D eigenvalue weighted by molar-refractivity contribution is 5.92. The number of nitrogens with two attached hydrogens (primary N) is 1. The number of hydrogen-bond acceptors (Lipinski definition) is 4. The van der Waals surface area contributed by atoms with Crippen LogP contribution in [0.3, 0.4) is 0 Å². The standard InChI is InChI=1S/C16H17NO3/c1-11-13(7-5-8-14(11)17)16(18)20-10-12-6-3-4-9-15(12)19-2/h3-9H,10,17H2,1-2H3. The van der Waals surface area contributed by atoms with Crippen LogP contribution in [-0.4, -0.2) is 13.1 Å². The van der Waals surface area contributed by atoms with Crippen molar-refractivity contribution in [1.82, 2.24) is 0 Å². The zero-order valence-corrected chi connectivity index (χ0v) is 11.6. The van der Waals surface area contributed by atoms with Gasteiger partial charge in [-0.3, -0.25) is 0 Å². The normalized spacial score (nSPS) is 10.1. The molecule has 0 radical (unpaired) electrons. The second kappa shape index (κ2) is 6.10. The fourth-order valence-electron chi connectivity index (χ4n) is 1.92. The average molecular weight is 271 g/mol. The third-order valence-electron chi connectivity index (χ3n) is 3.15. The van der Waals surface area contributed by atoms with Crippen molar-refractivity contribution in [1.29, 1.82) is 0 Å². The number of anilines is 1. The molecule has 0 saturated heterocycles. The summed E-state index contributed by atoms with van der Waals surface area (Å²) in [5, 5.41) is 0. The lowest BCUT2D eigenvalue weighted by molar-refractivity contribution is 0.0469. The summed E-state index contributed by atoms with van der Waals surface area (Å²) in [5.41, 5.74) is 8.41. The lowest BCUT2D eigenvalue weighted by atomic mass is 10.1. The Morgan fingerprint density at radius 1 is 1.15 bits per heavy atom. The van der Waals surface area contributed by atoms with Gasteiger partial charge in [0, 0.05) is 11.3 Å². The molecule has 4 heteroatoms. The van der Waals surface area contributed by atoms with Gasteiger partial charge >= 0.3 is 5.97 Å². The maximum absolute atomic E-state index is 12.1. The zero-order chi connectivity index (χ0) is 14.5. The summed E-state index contributed by atoms with van der Waals surface area (Å²) in [6.45, 7) is 1.96. The molecule has 4 nitrogen and oxygen atoms in total. The monoisotopic (exact) mass is 271 g/mol. The molecule has 0 saturated carbocycles. The first-order chi connectivity index (χ1) is 9.63.